The highest BCUT2D eigenvalue weighted by molar-refractivity contribution is 7.20. The summed E-state index contributed by atoms with van der Waals surface area (Å²) < 4.78 is 6.27. The summed E-state index contributed by atoms with van der Waals surface area (Å²) in [6.07, 6.45) is 0. The lowest BCUT2D eigenvalue weighted by molar-refractivity contribution is -0.122. The van der Waals surface area contributed by atoms with E-state index in [0.29, 0.717) is 4.88 Å². The third-order valence-electron chi connectivity index (χ3n) is 3.77. The molecule has 1 amide bonds. The number of carbonyl (C=O) groups excluding carboxylic acids is 2. The smallest absolute Gasteiger partial charge is 0.348 e. The minimum absolute atomic E-state index is 0.0297. The standard InChI is InChI=1S/C20H19NO3S/c1-14(2)21(16-9-4-3-5-10-16)19(22)13-24-20(23)18-12-15-8-6-7-11-17(15)25-18/h3-12,14H,13H2,1-2H3. The Morgan fingerprint density at radius 3 is 2.40 bits per heavy atom. The van der Waals surface area contributed by atoms with Crippen LogP contribution in [0.25, 0.3) is 10.1 Å². The maximum absolute atomic E-state index is 12.5. The van der Waals surface area contributed by atoms with Crippen molar-refractivity contribution in [2.45, 2.75) is 19.9 Å². The number of ether oxygens (including phenoxy) is 1. The van der Waals surface area contributed by atoms with Crippen LogP contribution in [-0.4, -0.2) is 24.5 Å². The van der Waals surface area contributed by atoms with Gasteiger partial charge in [0.05, 0.1) is 0 Å². The van der Waals surface area contributed by atoms with E-state index in [9.17, 15) is 9.59 Å². The van der Waals surface area contributed by atoms with Gasteiger partial charge in [0.2, 0.25) is 0 Å². The number of fused-ring (bicyclic) bond motifs is 1. The summed E-state index contributed by atoms with van der Waals surface area (Å²) in [6, 6.07) is 18.9. The van der Waals surface area contributed by atoms with Gasteiger partial charge >= 0.3 is 5.97 Å². The monoisotopic (exact) mass is 353 g/mol. The molecule has 2 aromatic carbocycles. The molecule has 128 valence electrons. The predicted molar refractivity (Wildman–Crippen MR) is 101 cm³/mol. The van der Waals surface area contributed by atoms with Crippen LogP contribution in [0, 0.1) is 0 Å². The van der Waals surface area contributed by atoms with Gasteiger partial charge in [-0.1, -0.05) is 36.4 Å². The van der Waals surface area contributed by atoms with Gasteiger partial charge in [0.25, 0.3) is 5.91 Å². The van der Waals surface area contributed by atoms with Crippen molar-refractivity contribution in [1.82, 2.24) is 0 Å². The minimum atomic E-state index is -0.466. The predicted octanol–water partition coefficient (Wildman–Crippen LogP) is 4.50. The highest BCUT2D eigenvalue weighted by Gasteiger charge is 2.21. The van der Waals surface area contributed by atoms with Crippen molar-refractivity contribution >= 4 is 39.0 Å². The number of anilines is 1. The number of amides is 1. The number of rotatable bonds is 5. The number of hydrogen-bond donors (Lipinski definition) is 0. The molecule has 0 bridgehead atoms. The van der Waals surface area contributed by atoms with Crippen LogP contribution in [-0.2, 0) is 9.53 Å². The first kappa shape index (κ1) is 17.2. The number of nitrogens with zero attached hydrogens (tertiary/aromatic N) is 1. The SMILES string of the molecule is CC(C)N(C(=O)COC(=O)c1cc2ccccc2s1)c1ccccc1. The zero-order chi connectivity index (χ0) is 17.8. The van der Waals surface area contributed by atoms with Gasteiger partial charge < -0.3 is 9.64 Å². The van der Waals surface area contributed by atoms with Crippen LogP contribution in [0.2, 0.25) is 0 Å². The van der Waals surface area contributed by atoms with E-state index >= 15 is 0 Å². The molecule has 0 aliphatic carbocycles. The lowest BCUT2D eigenvalue weighted by Crippen LogP contribution is -2.39. The number of hydrogen-bond acceptors (Lipinski definition) is 4. The van der Waals surface area contributed by atoms with Crippen LogP contribution in [0.4, 0.5) is 5.69 Å². The Morgan fingerprint density at radius 2 is 1.72 bits per heavy atom. The van der Waals surface area contributed by atoms with Crippen LogP contribution in [0.15, 0.2) is 60.7 Å². The number of carbonyl (C=O) groups is 2. The number of benzene rings is 2. The highest BCUT2D eigenvalue weighted by Crippen LogP contribution is 2.26. The maximum Gasteiger partial charge on any atom is 0.348 e. The quantitative estimate of drug-likeness (QED) is 0.635. The van der Waals surface area contributed by atoms with E-state index in [-0.39, 0.29) is 18.6 Å². The summed E-state index contributed by atoms with van der Waals surface area (Å²) in [6.45, 7) is 3.58. The summed E-state index contributed by atoms with van der Waals surface area (Å²) in [4.78, 5) is 27.0. The van der Waals surface area contributed by atoms with E-state index in [1.807, 2.05) is 68.4 Å². The fraction of sp³-hybridized carbons (Fsp3) is 0.200. The third kappa shape index (κ3) is 3.88. The lowest BCUT2D eigenvalue weighted by atomic mass is 10.2. The van der Waals surface area contributed by atoms with Gasteiger partial charge in [-0.25, -0.2) is 4.79 Å². The third-order valence-corrected chi connectivity index (χ3v) is 4.87. The molecule has 0 saturated carbocycles. The van der Waals surface area contributed by atoms with Crippen molar-refractivity contribution in [3.63, 3.8) is 0 Å². The number of thiophene rings is 1. The van der Waals surface area contributed by atoms with Gasteiger partial charge in [-0.05, 0) is 43.5 Å². The average Bonchev–Trinajstić information content (AvgIpc) is 3.04. The second-order valence-electron chi connectivity index (χ2n) is 5.92. The summed E-state index contributed by atoms with van der Waals surface area (Å²) in [5, 5.41) is 0.999. The van der Waals surface area contributed by atoms with Crippen molar-refractivity contribution in [2.24, 2.45) is 0 Å². The summed E-state index contributed by atoms with van der Waals surface area (Å²) >= 11 is 1.37. The highest BCUT2D eigenvalue weighted by atomic mass is 32.1. The zero-order valence-corrected chi connectivity index (χ0v) is 15.0. The van der Waals surface area contributed by atoms with Crippen LogP contribution in [0.3, 0.4) is 0 Å². The molecule has 0 aliphatic heterocycles. The summed E-state index contributed by atoms with van der Waals surface area (Å²) in [5.74, 6) is -0.707. The normalized spacial score (nSPS) is 10.8. The Bertz CT molecular complexity index is 853. The summed E-state index contributed by atoms with van der Waals surface area (Å²) in [5.41, 5.74) is 0.792. The zero-order valence-electron chi connectivity index (χ0n) is 14.1. The molecule has 4 nitrogen and oxygen atoms in total. The molecule has 0 saturated heterocycles. The molecule has 3 rings (SSSR count). The molecule has 5 heteroatoms. The molecule has 0 aliphatic rings. The van der Waals surface area contributed by atoms with Gasteiger partial charge in [-0.2, -0.15) is 0 Å². The average molecular weight is 353 g/mol. The van der Waals surface area contributed by atoms with E-state index in [1.165, 1.54) is 11.3 Å². The van der Waals surface area contributed by atoms with Gasteiger partial charge in [0.1, 0.15) is 4.88 Å². The van der Waals surface area contributed by atoms with Crippen molar-refractivity contribution in [1.29, 1.82) is 0 Å². The second-order valence-corrected chi connectivity index (χ2v) is 7.00. The molecule has 1 heterocycles. The van der Waals surface area contributed by atoms with E-state index in [4.69, 9.17) is 4.74 Å². The topological polar surface area (TPSA) is 46.6 Å². The molecule has 0 spiro atoms. The van der Waals surface area contributed by atoms with E-state index in [1.54, 1.807) is 11.0 Å². The molecule has 0 N–H and O–H groups in total. The van der Waals surface area contributed by atoms with Gasteiger partial charge in [0, 0.05) is 16.4 Å². The molecule has 25 heavy (non-hydrogen) atoms. The first-order valence-corrected chi connectivity index (χ1v) is 8.90. The Morgan fingerprint density at radius 1 is 1.04 bits per heavy atom. The van der Waals surface area contributed by atoms with E-state index < -0.39 is 5.97 Å². The molecule has 1 aromatic heterocycles. The van der Waals surface area contributed by atoms with Gasteiger partial charge in [-0.15, -0.1) is 11.3 Å². The van der Waals surface area contributed by atoms with E-state index in [0.717, 1.165) is 15.8 Å². The fourth-order valence-corrected chi connectivity index (χ4v) is 3.63. The Hall–Kier alpha value is -2.66. The number of para-hydroxylation sites is 1. The minimum Gasteiger partial charge on any atom is -0.451 e. The van der Waals surface area contributed by atoms with Crippen molar-refractivity contribution in [3.8, 4) is 0 Å². The number of esters is 1. The Balaban J connectivity index is 1.69. The van der Waals surface area contributed by atoms with Crippen molar-refractivity contribution in [2.75, 3.05) is 11.5 Å². The molecule has 3 aromatic rings. The van der Waals surface area contributed by atoms with Crippen molar-refractivity contribution < 1.29 is 14.3 Å². The molecule has 0 unspecified atom stereocenters. The van der Waals surface area contributed by atoms with Crippen LogP contribution >= 0.6 is 11.3 Å². The molecule has 0 fully saturated rings. The largest absolute Gasteiger partial charge is 0.451 e. The Kier molecular flexibility index (Phi) is 5.14. The van der Waals surface area contributed by atoms with Gasteiger partial charge in [-0.3, -0.25) is 4.79 Å². The van der Waals surface area contributed by atoms with Gasteiger partial charge in [0.15, 0.2) is 6.61 Å². The maximum atomic E-state index is 12.5. The lowest BCUT2D eigenvalue weighted by Gasteiger charge is -2.26. The van der Waals surface area contributed by atoms with E-state index in [2.05, 4.69) is 0 Å². The van der Waals surface area contributed by atoms with Crippen LogP contribution < -0.4 is 4.90 Å². The Labute approximate surface area is 150 Å². The molecular formula is C20H19NO3S. The summed E-state index contributed by atoms with van der Waals surface area (Å²) in [7, 11) is 0. The molecule has 0 atom stereocenters. The first-order valence-electron chi connectivity index (χ1n) is 8.09. The second kappa shape index (κ2) is 7.49. The van der Waals surface area contributed by atoms with Crippen LogP contribution in [0.5, 0.6) is 0 Å². The molecule has 0 radical (unpaired) electrons. The van der Waals surface area contributed by atoms with Crippen LogP contribution in [0.1, 0.15) is 23.5 Å². The van der Waals surface area contributed by atoms with Crippen molar-refractivity contribution in [3.05, 3.63) is 65.5 Å². The molecular weight excluding hydrogens is 334 g/mol. The fourth-order valence-electron chi connectivity index (χ4n) is 2.67. The first-order chi connectivity index (χ1) is 12.1.